The van der Waals surface area contributed by atoms with E-state index in [1.165, 1.54) is 18.2 Å². The minimum atomic E-state index is -4.76. The van der Waals surface area contributed by atoms with Gasteiger partial charge in [-0.1, -0.05) is 18.2 Å². The van der Waals surface area contributed by atoms with Crippen molar-refractivity contribution in [1.82, 2.24) is 25.6 Å². The number of hydrogen-bond donors (Lipinski definition) is 2. The van der Waals surface area contributed by atoms with Gasteiger partial charge in [0.25, 0.3) is 11.1 Å². The molecule has 0 bridgehead atoms. The molecule has 1 saturated heterocycles. The van der Waals surface area contributed by atoms with E-state index in [1.807, 2.05) is 12.1 Å². The highest BCUT2D eigenvalue weighted by Gasteiger charge is 2.31. The lowest BCUT2D eigenvalue weighted by atomic mass is 9.84. The molecule has 3 heterocycles. The SMILES string of the molecule is O=C1NC(=O)/C(=C/c2ccnc(CC3CCC(NCc4cccnc4-c4cccc(OC(F)(F)F)c4)CC3)n2)S1. The highest BCUT2D eigenvalue weighted by atomic mass is 32.2. The van der Waals surface area contributed by atoms with E-state index in [4.69, 9.17) is 0 Å². The smallest absolute Gasteiger partial charge is 0.406 e. The van der Waals surface area contributed by atoms with Crippen LogP contribution in [0.2, 0.25) is 0 Å². The minimum absolute atomic E-state index is 0.280. The van der Waals surface area contributed by atoms with Crippen LogP contribution < -0.4 is 15.4 Å². The molecule has 12 heteroatoms. The number of amides is 2. The summed E-state index contributed by atoms with van der Waals surface area (Å²) in [5.74, 6) is 0.440. The molecular weight excluding hydrogens is 543 g/mol. The molecule has 1 aliphatic carbocycles. The summed E-state index contributed by atoms with van der Waals surface area (Å²) in [5, 5.41) is 5.43. The normalized spacial score (nSPS) is 20.5. The van der Waals surface area contributed by atoms with Crippen LogP contribution in [0.25, 0.3) is 17.3 Å². The molecule has 1 aromatic carbocycles. The fraction of sp³-hybridized carbons (Fsp3) is 0.321. The zero-order chi connectivity index (χ0) is 28.1. The Kier molecular flexibility index (Phi) is 8.46. The number of nitrogens with zero attached hydrogens (tertiary/aromatic N) is 3. The first kappa shape index (κ1) is 27.8. The Balaban J connectivity index is 1.15. The summed E-state index contributed by atoms with van der Waals surface area (Å²) in [7, 11) is 0. The predicted octanol–water partition coefficient (Wildman–Crippen LogP) is 5.65. The fourth-order valence-electron chi connectivity index (χ4n) is 4.91. The van der Waals surface area contributed by atoms with Gasteiger partial charge in [0.2, 0.25) is 0 Å². The first-order valence-electron chi connectivity index (χ1n) is 12.8. The van der Waals surface area contributed by atoms with Crippen molar-refractivity contribution in [2.24, 2.45) is 5.92 Å². The Morgan fingerprint density at radius 3 is 2.62 bits per heavy atom. The Bertz CT molecular complexity index is 1420. The molecule has 0 unspecified atom stereocenters. The maximum atomic E-state index is 12.7. The van der Waals surface area contributed by atoms with Crippen molar-refractivity contribution in [1.29, 1.82) is 0 Å². The number of thioether (sulfide) groups is 1. The fourth-order valence-corrected chi connectivity index (χ4v) is 5.58. The molecule has 3 aromatic rings. The van der Waals surface area contributed by atoms with Gasteiger partial charge in [0.05, 0.1) is 16.3 Å². The number of rotatable bonds is 8. The highest BCUT2D eigenvalue weighted by Crippen LogP contribution is 2.30. The molecule has 2 aliphatic rings. The van der Waals surface area contributed by atoms with Gasteiger partial charge in [-0.25, -0.2) is 9.97 Å². The lowest BCUT2D eigenvalue weighted by molar-refractivity contribution is -0.274. The standard InChI is InChI=1S/C28H26F3N5O3S/c29-28(30,31)39-22-5-1-3-18(14-22)25-19(4-2-11-33-25)16-34-20-8-6-17(7-9-20)13-24-32-12-10-21(35-24)15-23-26(37)36-27(38)40-23/h1-5,10-12,14-15,17,20,34H,6-9,13,16H2,(H,36,37,38)/b23-15-. The quantitative estimate of drug-likeness (QED) is 0.335. The van der Waals surface area contributed by atoms with Gasteiger partial charge in [0.1, 0.15) is 11.6 Å². The topological polar surface area (TPSA) is 106 Å². The number of nitrogens with one attached hydrogen (secondary N) is 2. The van der Waals surface area contributed by atoms with E-state index >= 15 is 0 Å². The molecule has 208 valence electrons. The number of carbonyl (C=O) groups excluding carboxylic acids is 2. The van der Waals surface area contributed by atoms with Gasteiger partial charge in [-0.05, 0) is 79.3 Å². The van der Waals surface area contributed by atoms with Crippen molar-refractivity contribution in [3.8, 4) is 17.0 Å². The molecule has 2 fully saturated rings. The van der Waals surface area contributed by atoms with Gasteiger partial charge in [0, 0.05) is 37.0 Å². The summed E-state index contributed by atoms with van der Waals surface area (Å²) in [5.41, 5.74) is 2.65. The first-order chi connectivity index (χ1) is 19.2. The van der Waals surface area contributed by atoms with Crippen LogP contribution in [0.15, 0.2) is 59.8 Å². The number of carbonyl (C=O) groups is 2. The van der Waals surface area contributed by atoms with Crippen molar-refractivity contribution in [3.05, 3.63) is 76.8 Å². The van der Waals surface area contributed by atoms with Crippen LogP contribution in [0.1, 0.15) is 42.8 Å². The summed E-state index contributed by atoms with van der Waals surface area (Å²) in [6.07, 6.45) is 4.79. The zero-order valence-corrected chi connectivity index (χ0v) is 22.1. The number of aromatic nitrogens is 3. The molecule has 1 saturated carbocycles. The molecule has 0 radical (unpaired) electrons. The van der Waals surface area contributed by atoms with E-state index in [9.17, 15) is 22.8 Å². The van der Waals surface area contributed by atoms with E-state index < -0.39 is 12.3 Å². The Morgan fingerprint density at radius 1 is 1.05 bits per heavy atom. The number of benzene rings is 1. The summed E-state index contributed by atoms with van der Waals surface area (Å²) in [6.45, 7) is 0.538. The summed E-state index contributed by atoms with van der Waals surface area (Å²) in [6, 6.07) is 11.6. The van der Waals surface area contributed by atoms with E-state index in [2.05, 4.69) is 30.3 Å². The second-order valence-corrected chi connectivity index (χ2v) is 10.7. The highest BCUT2D eigenvalue weighted by molar-refractivity contribution is 8.18. The van der Waals surface area contributed by atoms with Crippen LogP contribution in [-0.2, 0) is 17.8 Å². The molecule has 0 spiro atoms. The lowest BCUT2D eigenvalue weighted by Crippen LogP contribution is -2.33. The van der Waals surface area contributed by atoms with Crippen molar-refractivity contribution < 1.29 is 27.5 Å². The number of hydrogen-bond acceptors (Lipinski definition) is 8. The lowest BCUT2D eigenvalue weighted by Gasteiger charge is -2.29. The largest absolute Gasteiger partial charge is 0.573 e. The second kappa shape index (κ2) is 12.2. The second-order valence-electron chi connectivity index (χ2n) is 9.64. The van der Waals surface area contributed by atoms with Gasteiger partial charge in [-0.3, -0.25) is 19.9 Å². The predicted molar refractivity (Wildman–Crippen MR) is 144 cm³/mol. The summed E-state index contributed by atoms with van der Waals surface area (Å²) < 4.78 is 42.1. The molecule has 2 N–H and O–H groups in total. The molecule has 8 nitrogen and oxygen atoms in total. The molecule has 2 aromatic heterocycles. The number of imide groups is 1. The third-order valence-corrected chi connectivity index (χ3v) is 7.59. The van der Waals surface area contributed by atoms with E-state index in [1.54, 1.807) is 30.6 Å². The van der Waals surface area contributed by atoms with Crippen molar-refractivity contribution in [3.63, 3.8) is 0 Å². The molecular formula is C28H26F3N5O3S. The van der Waals surface area contributed by atoms with Gasteiger partial charge < -0.3 is 10.1 Å². The number of pyridine rings is 1. The third-order valence-electron chi connectivity index (χ3n) is 6.78. The molecule has 2 amide bonds. The van der Waals surface area contributed by atoms with Crippen LogP contribution in [0.5, 0.6) is 5.75 Å². The van der Waals surface area contributed by atoms with Gasteiger partial charge >= 0.3 is 6.36 Å². The maximum absolute atomic E-state index is 12.7. The van der Waals surface area contributed by atoms with Crippen LogP contribution in [-0.4, -0.2) is 38.5 Å². The van der Waals surface area contributed by atoms with Crippen molar-refractivity contribution in [2.75, 3.05) is 0 Å². The maximum Gasteiger partial charge on any atom is 0.573 e. The molecule has 1 aliphatic heterocycles. The molecule has 0 atom stereocenters. The average molecular weight is 570 g/mol. The van der Waals surface area contributed by atoms with Crippen LogP contribution in [0.3, 0.4) is 0 Å². The molecule has 40 heavy (non-hydrogen) atoms. The first-order valence-corrected chi connectivity index (χ1v) is 13.6. The molecule has 5 rings (SSSR count). The summed E-state index contributed by atoms with van der Waals surface area (Å²) in [4.78, 5) is 36.9. The van der Waals surface area contributed by atoms with Gasteiger partial charge in [-0.15, -0.1) is 13.2 Å². The third kappa shape index (κ3) is 7.45. The van der Waals surface area contributed by atoms with Crippen LogP contribution >= 0.6 is 11.8 Å². The zero-order valence-electron chi connectivity index (χ0n) is 21.3. The Morgan fingerprint density at radius 2 is 1.88 bits per heavy atom. The average Bonchev–Trinajstić information content (AvgIpc) is 3.24. The Hall–Kier alpha value is -3.77. The van der Waals surface area contributed by atoms with E-state index in [0.717, 1.165) is 49.4 Å². The number of halogens is 3. The number of alkyl halides is 3. The van der Waals surface area contributed by atoms with Crippen molar-refractivity contribution in [2.45, 2.75) is 51.1 Å². The monoisotopic (exact) mass is 569 g/mol. The van der Waals surface area contributed by atoms with Crippen LogP contribution in [0.4, 0.5) is 18.0 Å². The Labute approximate surface area is 232 Å². The van der Waals surface area contributed by atoms with Gasteiger partial charge in [-0.2, -0.15) is 0 Å². The van der Waals surface area contributed by atoms with E-state index in [0.29, 0.717) is 46.2 Å². The van der Waals surface area contributed by atoms with E-state index in [-0.39, 0.29) is 11.0 Å². The van der Waals surface area contributed by atoms with Gasteiger partial charge in [0.15, 0.2) is 0 Å². The summed E-state index contributed by atoms with van der Waals surface area (Å²) >= 11 is 0.859. The number of ether oxygens (including phenoxy) is 1. The van der Waals surface area contributed by atoms with Crippen molar-refractivity contribution >= 4 is 29.0 Å². The minimum Gasteiger partial charge on any atom is -0.406 e. The van der Waals surface area contributed by atoms with Crippen LogP contribution in [0, 0.1) is 5.92 Å².